The summed E-state index contributed by atoms with van der Waals surface area (Å²) in [6, 6.07) is 0. The van der Waals surface area contributed by atoms with Crippen LogP contribution in [0.15, 0.2) is 0 Å². The van der Waals surface area contributed by atoms with Gasteiger partial charge in [0.2, 0.25) is 0 Å². The first-order chi connectivity index (χ1) is 17.0. The van der Waals surface area contributed by atoms with E-state index in [2.05, 4.69) is 13.8 Å². The minimum absolute atomic E-state index is 0.275. The molecule has 0 spiro atoms. The SMILES string of the molecule is CCCCCCCCC(CSCC(CCCCCCCC)[Si](OC)(OC)OC)[Si](OC)(OC)OC. The molecule has 2 atom stereocenters. The molecular weight excluding hydrogens is 497 g/mol. The van der Waals surface area contributed by atoms with Gasteiger partial charge in [0.25, 0.3) is 0 Å². The lowest BCUT2D eigenvalue weighted by atomic mass is 10.1. The maximum Gasteiger partial charge on any atom is 0.504 e. The third-order valence-electron chi connectivity index (χ3n) is 7.16. The predicted octanol–water partition coefficient (Wildman–Crippen LogP) is 7.72. The van der Waals surface area contributed by atoms with Gasteiger partial charge in [-0.3, -0.25) is 0 Å². The van der Waals surface area contributed by atoms with Gasteiger partial charge in [0.1, 0.15) is 0 Å². The van der Waals surface area contributed by atoms with E-state index in [0.717, 1.165) is 24.3 Å². The van der Waals surface area contributed by atoms with E-state index < -0.39 is 17.6 Å². The highest BCUT2D eigenvalue weighted by molar-refractivity contribution is 7.99. The van der Waals surface area contributed by atoms with Crippen LogP contribution in [0.2, 0.25) is 11.1 Å². The summed E-state index contributed by atoms with van der Waals surface area (Å²) in [5.41, 5.74) is 0.550. The lowest BCUT2D eigenvalue weighted by molar-refractivity contribution is 0.112. The summed E-state index contributed by atoms with van der Waals surface area (Å²) >= 11 is 1.95. The van der Waals surface area contributed by atoms with Crippen LogP contribution >= 0.6 is 11.8 Å². The van der Waals surface area contributed by atoms with Crippen LogP contribution in [0.1, 0.15) is 104 Å². The van der Waals surface area contributed by atoms with E-state index in [0.29, 0.717) is 0 Å². The molecule has 0 fully saturated rings. The standard InChI is InChI=1S/C26H58O6SSi2/c1-9-11-13-15-17-19-21-25(34(27-3,28-4)29-5)23-33-24-26(35(30-6,31-7)32-8)22-20-18-16-14-12-10-2/h25-26H,9-24H2,1-8H3. The number of thioether (sulfide) groups is 1. The van der Waals surface area contributed by atoms with Gasteiger partial charge in [-0.15, -0.1) is 0 Å². The highest BCUT2D eigenvalue weighted by Crippen LogP contribution is 2.38. The second-order valence-electron chi connectivity index (χ2n) is 9.48. The molecule has 0 amide bonds. The molecule has 6 nitrogen and oxygen atoms in total. The Labute approximate surface area is 224 Å². The van der Waals surface area contributed by atoms with Crippen molar-refractivity contribution in [2.45, 2.75) is 115 Å². The van der Waals surface area contributed by atoms with Gasteiger partial charge >= 0.3 is 17.6 Å². The minimum Gasteiger partial charge on any atom is -0.377 e. The first-order valence-electron chi connectivity index (χ1n) is 13.9. The molecular formula is C26H58O6SSi2. The van der Waals surface area contributed by atoms with E-state index in [-0.39, 0.29) is 11.1 Å². The van der Waals surface area contributed by atoms with Gasteiger partial charge in [-0.25, -0.2) is 0 Å². The predicted molar refractivity (Wildman–Crippen MR) is 154 cm³/mol. The first-order valence-corrected chi connectivity index (χ1v) is 18.6. The van der Waals surface area contributed by atoms with Crippen molar-refractivity contribution in [1.29, 1.82) is 0 Å². The molecule has 2 unspecified atom stereocenters. The summed E-state index contributed by atoms with van der Waals surface area (Å²) in [7, 11) is 4.98. The average Bonchev–Trinajstić information content (AvgIpc) is 2.89. The highest BCUT2D eigenvalue weighted by Gasteiger charge is 2.49. The summed E-state index contributed by atoms with van der Waals surface area (Å²) in [4.78, 5) is 0. The molecule has 0 heterocycles. The van der Waals surface area contributed by atoms with Crippen molar-refractivity contribution in [3.8, 4) is 0 Å². The first kappa shape index (κ1) is 35.5. The molecule has 0 radical (unpaired) electrons. The maximum atomic E-state index is 5.91. The van der Waals surface area contributed by atoms with Gasteiger partial charge in [-0.1, -0.05) is 90.9 Å². The molecule has 0 rings (SSSR count). The zero-order valence-electron chi connectivity index (χ0n) is 24.3. The minimum atomic E-state index is -2.71. The van der Waals surface area contributed by atoms with Crippen LogP contribution in [0.25, 0.3) is 0 Å². The molecule has 9 heteroatoms. The fraction of sp³-hybridized carbons (Fsp3) is 1.00. The molecule has 0 aliphatic rings. The Balaban J connectivity index is 5.12. The van der Waals surface area contributed by atoms with E-state index in [1.165, 1.54) is 77.0 Å². The lowest BCUT2D eigenvalue weighted by Gasteiger charge is -2.34. The van der Waals surface area contributed by atoms with E-state index in [9.17, 15) is 0 Å². The van der Waals surface area contributed by atoms with Crippen molar-refractivity contribution in [3.63, 3.8) is 0 Å². The fourth-order valence-corrected chi connectivity index (χ4v) is 12.4. The largest absolute Gasteiger partial charge is 0.504 e. The monoisotopic (exact) mass is 554 g/mol. The number of hydrogen-bond donors (Lipinski definition) is 0. The zero-order valence-corrected chi connectivity index (χ0v) is 27.1. The highest BCUT2D eigenvalue weighted by atomic mass is 32.2. The third kappa shape index (κ3) is 13.3. The Hall–Kier alpha value is 0.544. The molecule has 0 aromatic heterocycles. The van der Waals surface area contributed by atoms with Gasteiger partial charge in [0, 0.05) is 65.2 Å². The van der Waals surface area contributed by atoms with Crippen LogP contribution in [0.5, 0.6) is 0 Å². The molecule has 0 aromatic carbocycles. The average molecular weight is 555 g/mol. The second kappa shape index (κ2) is 22.5. The molecule has 212 valence electrons. The summed E-state index contributed by atoms with van der Waals surface area (Å²) in [5, 5.41) is 0. The smallest absolute Gasteiger partial charge is 0.377 e. The number of rotatable bonds is 26. The van der Waals surface area contributed by atoms with Crippen LogP contribution in [0.4, 0.5) is 0 Å². The van der Waals surface area contributed by atoms with Crippen molar-refractivity contribution in [1.82, 2.24) is 0 Å². The maximum absolute atomic E-state index is 5.91. The summed E-state index contributed by atoms with van der Waals surface area (Å²) in [6.45, 7) is 4.52. The van der Waals surface area contributed by atoms with Crippen molar-refractivity contribution in [2.24, 2.45) is 0 Å². The Kier molecular flexibility index (Phi) is 22.9. The van der Waals surface area contributed by atoms with E-state index in [1.807, 2.05) is 11.8 Å². The van der Waals surface area contributed by atoms with Gasteiger partial charge in [0.05, 0.1) is 0 Å². The Morgan fingerprint density at radius 3 is 1.03 bits per heavy atom. The summed E-state index contributed by atoms with van der Waals surface area (Å²) in [6.07, 6.45) is 17.5. The van der Waals surface area contributed by atoms with Gasteiger partial charge in [-0.05, 0) is 12.8 Å². The molecule has 35 heavy (non-hydrogen) atoms. The van der Waals surface area contributed by atoms with Crippen molar-refractivity contribution >= 4 is 29.4 Å². The van der Waals surface area contributed by atoms with Crippen molar-refractivity contribution < 1.29 is 26.6 Å². The van der Waals surface area contributed by atoms with Crippen LogP contribution < -0.4 is 0 Å². The number of hydrogen-bond acceptors (Lipinski definition) is 7. The van der Waals surface area contributed by atoms with E-state index >= 15 is 0 Å². The molecule has 0 saturated carbocycles. The lowest BCUT2D eigenvalue weighted by Crippen LogP contribution is -2.49. The Morgan fingerprint density at radius 1 is 0.457 bits per heavy atom. The molecule has 0 N–H and O–H groups in total. The van der Waals surface area contributed by atoms with Crippen LogP contribution in [-0.4, -0.2) is 71.8 Å². The van der Waals surface area contributed by atoms with Crippen LogP contribution in [0.3, 0.4) is 0 Å². The van der Waals surface area contributed by atoms with Crippen LogP contribution in [0, 0.1) is 0 Å². The van der Waals surface area contributed by atoms with E-state index in [4.69, 9.17) is 26.6 Å². The normalized spacial score (nSPS) is 14.4. The molecule has 0 aromatic rings. The summed E-state index contributed by atoms with van der Waals surface area (Å²) in [5.74, 6) is 1.90. The zero-order chi connectivity index (χ0) is 26.4. The number of unbranched alkanes of at least 4 members (excludes halogenated alkanes) is 10. The Morgan fingerprint density at radius 2 is 0.743 bits per heavy atom. The van der Waals surface area contributed by atoms with Gasteiger partial charge < -0.3 is 26.6 Å². The van der Waals surface area contributed by atoms with Gasteiger partial charge in [0.15, 0.2) is 0 Å². The van der Waals surface area contributed by atoms with E-state index in [1.54, 1.807) is 42.7 Å². The van der Waals surface area contributed by atoms with Gasteiger partial charge in [-0.2, -0.15) is 11.8 Å². The molecule has 0 bridgehead atoms. The fourth-order valence-electron chi connectivity index (χ4n) is 4.92. The van der Waals surface area contributed by atoms with Crippen molar-refractivity contribution in [3.05, 3.63) is 0 Å². The molecule has 0 saturated heterocycles. The molecule has 0 aliphatic heterocycles. The molecule has 0 aliphatic carbocycles. The quantitative estimate of drug-likeness (QED) is 0.0801. The third-order valence-corrected chi connectivity index (χ3v) is 15.4. The van der Waals surface area contributed by atoms with Crippen LogP contribution in [-0.2, 0) is 26.6 Å². The topological polar surface area (TPSA) is 55.4 Å². The second-order valence-corrected chi connectivity index (χ2v) is 17.0. The summed E-state index contributed by atoms with van der Waals surface area (Å²) < 4.78 is 35.5. The Bertz CT molecular complexity index is 411. The van der Waals surface area contributed by atoms with Crippen molar-refractivity contribution in [2.75, 3.05) is 54.2 Å².